The van der Waals surface area contributed by atoms with Crippen molar-refractivity contribution in [2.75, 3.05) is 26.0 Å². The van der Waals surface area contributed by atoms with Gasteiger partial charge in [-0.05, 0) is 36.9 Å². The molecule has 1 unspecified atom stereocenters. The molecule has 7 nitrogen and oxygen atoms in total. The maximum atomic E-state index is 12.1. The molecule has 0 aliphatic rings. The molecule has 164 valence electrons. The molecule has 1 atom stereocenters. The molecule has 0 aliphatic carbocycles. The molecule has 1 amide bonds. The van der Waals surface area contributed by atoms with Gasteiger partial charge in [-0.2, -0.15) is 0 Å². The summed E-state index contributed by atoms with van der Waals surface area (Å²) in [4.78, 5) is 26.3. The molecular formula is C22H31N3O4S. The number of carbonyl (C=O) groups excluding carboxylic acids is 2. The van der Waals surface area contributed by atoms with E-state index in [1.54, 1.807) is 37.6 Å². The topological polar surface area (TPSA) is 102 Å². The van der Waals surface area contributed by atoms with Gasteiger partial charge < -0.3 is 25.7 Å². The summed E-state index contributed by atoms with van der Waals surface area (Å²) >= 11 is 1.63. The minimum atomic E-state index is -1.32. The average Bonchev–Trinajstić information content (AvgIpc) is 3.25. The zero-order chi connectivity index (χ0) is 22.7. The predicted octanol–water partition coefficient (Wildman–Crippen LogP) is 3.22. The Kier molecular flexibility index (Phi) is 10.6. The molecule has 1 aromatic heterocycles. The first-order valence-corrected chi connectivity index (χ1v) is 10.6. The Morgan fingerprint density at radius 3 is 2.47 bits per heavy atom. The van der Waals surface area contributed by atoms with Crippen LogP contribution in [0.5, 0.6) is 5.75 Å². The van der Waals surface area contributed by atoms with Crippen molar-refractivity contribution in [3.05, 3.63) is 58.0 Å². The summed E-state index contributed by atoms with van der Waals surface area (Å²) in [6, 6.07) is 8.74. The molecule has 1 aromatic carbocycles. The second kappa shape index (κ2) is 12.7. The quantitative estimate of drug-likeness (QED) is 0.453. The third-order valence-corrected chi connectivity index (χ3v) is 4.95. The molecule has 8 heteroatoms. The van der Waals surface area contributed by atoms with Crippen LogP contribution < -0.4 is 10.6 Å². The third-order valence-electron chi connectivity index (χ3n) is 4.02. The first-order chi connectivity index (χ1) is 14.3. The van der Waals surface area contributed by atoms with Gasteiger partial charge in [0.15, 0.2) is 17.6 Å². The number of ketones is 1. The summed E-state index contributed by atoms with van der Waals surface area (Å²) < 4.78 is 0. The molecule has 0 radical (unpaired) electrons. The summed E-state index contributed by atoms with van der Waals surface area (Å²) in [6.45, 7) is 5.83. The number of phenols is 1. The number of benzene rings is 1. The van der Waals surface area contributed by atoms with E-state index in [9.17, 15) is 19.8 Å². The van der Waals surface area contributed by atoms with Gasteiger partial charge in [0.1, 0.15) is 0 Å². The average molecular weight is 434 g/mol. The van der Waals surface area contributed by atoms with Crippen molar-refractivity contribution < 1.29 is 19.8 Å². The number of amides is 1. The van der Waals surface area contributed by atoms with E-state index in [0.717, 1.165) is 6.42 Å². The number of phenolic OH excluding ortho intramolecular Hbond substituents is 1. The van der Waals surface area contributed by atoms with Crippen molar-refractivity contribution in [3.63, 3.8) is 0 Å². The number of anilines is 1. The van der Waals surface area contributed by atoms with Gasteiger partial charge in [-0.15, -0.1) is 11.3 Å². The molecule has 1 heterocycles. The lowest BCUT2D eigenvalue weighted by atomic mass is 10.1. The first kappa shape index (κ1) is 25.2. The normalized spacial score (nSPS) is 11.7. The maximum absolute atomic E-state index is 12.1. The van der Waals surface area contributed by atoms with Gasteiger partial charge in [0.05, 0.1) is 16.9 Å². The van der Waals surface area contributed by atoms with Crippen LogP contribution in [0.4, 0.5) is 5.69 Å². The molecule has 4 N–H and O–H groups in total. The zero-order valence-corrected chi connectivity index (χ0v) is 18.9. The Labute approximate surface area is 182 Å². The van der Waals surface area contributed by atoms with E-state index in [0.29, 0.717) is 12.2 Å². The zero-order valence-electron chi connectivity index (χ0n) is 18.1. The fourth-order valence-corrected chi connectivity index (χ4v) is 3.17. The van der Waals surface area contributed by atoms with Crippen LogP contribution in [0.1, 0.15) is 36.0 Å². The molecule has 2 aromatic rings. The number of aliphatic hydroxyl groups excluding tert-OH is 1. The molecule has 0 bridgehead atoms. The monoisotopic (exact) mass is 433 g/mol. The number of hydrogen-bond donors (Lipinski definition) is 4. The summed E-state index contributed by atoms with van der Waals surface area (Å²) in [6.07, 6.45) is 0.863. The summed E-state index contributed by atoms with van der Waals surface area (Å²) in [5.74, 6) is -0.937. The molecule has 0 saturated heterocycles. The summed E-state index contributed by atoms with van der Waals surface area (Å²) in [5, 5.41) is 28.5. The Balaban J connectivity index is 0.00000218. The van der Waals surface area contributed by atoms with Crippen molar-refractivity contribution in [1.82, 2.24) is 10.2 Å². The van der Waals surface area contributed by atoms with Gasteiger partial charge in [0, 0.05) is 31.7 Å². The Bertz CT molecular complexity index is 848. The van der Waals surface area contributed by atoms with Gasteiger partial charge in [-0.25, -0.2) is 0 Å². The largest absolute Gasteiger partial charge is 0.505 e. The number of Topliss-reactive ketones (excluding diaryl/α,β-unsaturated/α-hetero) is 1. The number of carbonyl (C=O) groups is 2. The van der Waals surface area contributed by atoms with Crippen LogP contribution in [0.2, 0.25) is 0 Å². The number of aliphatic hydroxyl groups is 1. The van der Waals surface area contributed by atoms with Crippen LogP contribution in [0.15, 0.2) is 47.6 Å². The van der Waals surface area contributed by atoms with Crippen LogP contribution in [-0.4, -0.2) is 53.5 Å². The van der Waals surface area contributed by atoms with Gasteiger partial charge in [0.2, 0.25) is 0 Å². The van der Waals surface area contributed by atoms with E-state index in [1.807, 2.05) is 31.4 Å². The first-order valence-electron chi connectivity index (χ1n) is 9.76. The molecule has 2 rings (SSSR count). The van der Waals surface area contributed by atoms with Crippen molar-refractivity contribution in [2.24, 2.45) is 0 Å². The predicted molar refractivity (Wildman–Crippen MR) is 122 cm³/mol. The number of para-hydroxylation sites is 1. The van der Waals surface area contributed by atoms with E-state index in [1.165, 1.54) is 29.0 Å². The highest BCUT2D eigenvalue weighted by Gasteiger charge is 2.18. The van der Waals surface area contributed by atoms with Crippen LogP contribution in [0.25, 0.3) is 0 Å². The van der Waals surface area contributed by atoms with Crippen molar-refractivity contribution in [3.8, 4) is 5.75 Å². The fraction of sp³-hybridized carbons (Fsp3) is 0.364. The van der Waals surface area contributed by atoms with Crippen LogP contribution in [-0.2, 0) is 11.2 Å². The third kappa shape index (κ3) is 7.20. The van der Waals surface area contributed by atoms with E-state index in [-0.39, 0.29) is 22.9 Å². The molecule has 30 heavy (non-hydrogen) atoms. The highest BCUT2D eigenvalue weighted by atomic mass is 32.1. The number of rotatable bonds is 9. The Morgan fingerprint density at radius 1 is 1.20 bits per heavy atom. The van der Waals surface area contributed by atoms with Crippen LogP contribution in [0.3, 0.4) is 0 Å². The standard InChI is InChI=1S/C20H25N3O4S.C2H6/c1-13(24)18(25)17(21-10-9-14-6-5-11-28-14)12-22-16-8-4-7-15(19(16)26)20(27)23(2)3;1-2/h4-8,11-12,18,21-22,25-26H,9-10H2,1-3H3;1-2H3. The lowest BCUT2D eigenvalue weighted by Gasteiger charge is -2.17. The number of hydrogen-bond acceptors (Lipinski definition) is 7. The van der Waals surface area contributed by atoms with Gasteiger partial charge in [-0.1, -0.05) is 26.0 Å². The summed E-state index contributed by atoms with van der Waals surface area (Å²) in [5.41, 5.74) is 0.733. The van der Waals surface area contributed by atoms with Crippen molar-refractivity contribution in [2.45, 2.75) is 33.3 Å². The SMILES string of the molecule is CC.CC(=O)C(O)C(=CNc1cccc(C(=O)N(C)C)c1O)NCCc1cccs1. The van der Waals surface area contributed by atoms with E-state index in [4.69, 9.17) is 0 Å². The number of thiophene rings is 1. The van der Waals surface area contributed by atoms with Gasteiger partial charge in [0.25, 0.3) is 5.91 Å². The molecule has 0 fully saturated rings. The highest BCUT2D eigenvalue weighted by Crippen LogP contribution is 2.28. The number of nitrogens with zero attached hydrogens (tertiary/aromatic N) is 1. The van der Waals surface area contributed by atoms with Gasteiger partial charge >= 0.3 is 0 Å². The lowest BCUT2D eigenvalue weighted by molar-refractivity contribution is -0.123. The summed E-state index contributed by atoms with van der Waals surface area (Å²) in [7, 11) is 3.20. The lowest BCUT2D eigenvalue weighted by Crippen LogP contribution is -2.31. The minimum Gasteiger partial charge on any atom is -0.505 e. The maximum Gasteiger partial charge on any atom is 0.257 e. The fourth-order valence-electron chi connectivity index (χ4n) is 2.46. The molecular weight excluding hydrogens is 402 g/mol. The second-order valence-electron chi connectivity index (χ2n) is 6.41. The second-order valence-corrected chi connectivity index (χ2v) is 7.45. The minimum absolute atomic E-state index is 0.155. The van der Waals surface area contributed by atoms with Crippen LogP contribution >= 0.6 is 11.3 Å². The van der Waals surface area contributed by atoms with Crippen LogP contribution in [0, 0.1) is 0 Å². The smallest absolute Gasteiger partial charge is 0.257 e. The number of nitrogens with one attached hydrogen (secondary N) is 2. The van der Waals surface area contributed by atoms with E-state index < -0.39 is 11.9 Å². The van der Waals surface area contributed by atoms with E-state index >= 15 is 0 Å². The highest BCUT2D eigenvalue weighted by molar-refractivity contribution is 7.09. The number of aromatic hydroxyl groups is 1. The van der Waals surface area contributed by atoms with E-state index in [2.05, 4.69) is 10.6 Å². The van der Waals surface area contributed by atoms with Crippen molar-refractivity contribution in [1.29, 1.82) is 0 Å². The Morgan fingerprint density at radius 2 is 1.90 bits per heavy atom. The van der Waals surface area contributed by atoms with Crippen molar-refractivity contribution >= 4 is 28.7 Å². The molecule has 0 saturated carbocycles. The van der Waals surface area contributed by atoms with Gasteiger partial charge in [-0.3, -0.25) is 9.59 Å². The molecule has 0 spiro atoms. The molecule has 0 aliphatic heterocycles. The Hall–Kier alpha value is -2.84.